The van der Waals surface area contributed by atoms with Crippen LogP contribution in [0, 0.1) is 5.41 Å². The number of hydrogen-bond acceptors (Lipinski definition) is 7. The smallest absolute Gasteiger partial charge is 0.305 e. The average molecular weight is 463 g/mol. The Morgan fingerprint density at radius 3 is 2.72 bits per heavy atom. The van der Waals surface area contributed by atoms with Crippen molar-refractivity contribution in [3.63, 3.8) is 0 Å². The summed E-state index contributed by atoms with van der Waals surface area (Å²) in [5.74, 6) is -0.381. The fourth-order valence-corrected chi connectivity index (χ4v) is 4.69. The van der Waals surface area contributed by atoms with Crippen LogP contribution in [0.4, 0.5) is 4.79 Å². The first-order valence-corrected chi connectivity index (χ1v) is 11.7. The highest BCUT2D eigenvalue weighted by molar-refractivity contribution is 8.26. The van der Waals surface area contributed by atoms with Crippen LogP contribution < -0.4 is 4.74 Å². The van der Waals surface area contributed by atoms with E-state index in [9.17, 15) is 14.4 Å². The molecular formula is C23H30N2O6S. The van der Waals surface area contributed by atoms with Crippen molar-refractivity contribution in [2.45, 2.75) is 65.8 Å². The first-order chi connectivity index (χ1) is 15.1. The second-order valence-electron chi connectivity index (χ2n) is 9.23. The number of carbonyl (C=O) groups excluding carboxylic acids is 2. The number of aromatic nitrogens is 1. The molecule has 0 radical (unpaired) electrons. The van der Waals surface area contributed by atoms with E-state index in [-0.39, 0.29) is 18.4 Å². The molecule has 1 amide bonds. The Balaban J connectivity index is 1.68. The lowest BCUT2D eigenvalue weighted by Gasteiger charge is -2.21. The molecule has 2 aromatic rings. The number of thioether (sulfide) groups is 1. The second kappa shape index (κ2) is 9.94. The Morgan fingerprint density at radius 2 is 2.06 bits per heavy atom. The number of carboxylic acids is 1. The van der Waals surface area contributed by atoms with Crippen LogP contribution in [-0.4, -0.2) is 50.7 Å². The van der Waals surface area contributed by atoms with Gasteiger partial charge >= 0.3 is 5.97 Å². The Bertz CT molecular complexity index is 1010. The van der Waals surface area contributed by atoms with Gasteiger partial charge in [-0.3, -0.25) is 14.4 Å². The summed E-state index contributed by atoms with van der Waals surface area (Å²) in [7, 11) is 0. The number of fused-ring (bicyclic) bond motifs is 1. The van der Waals surface area contributed by atoms with Crippen molar-refractivity contribution in [3.05, 3.63) is 23.4 Å². The van der Waals surface area contributed by atoms with E-state index in [2.05, 4.69) is 32.9 Å². The van der Waals surface area contributed by atoms with Gasteiger partial charge in [0.05, 0.1) is 18.7 Å². The van der Waals surface area contributed by atoms with Gasteiger partial charge in [-0.05, 0) is 36.8 Å². The molecule has 1 fully saturated rings. The lowest BCUT2D eigenvalue weighted by molar-refractivity contribution is -0.139. The third kappa shape index (κ3) is 5.62. The van der Waals surface area contributed by atoms with Crippen molar-refractivity contribution in [2.75, 3.05) is 13.2 Å². The molecule has 1 aliphatic rings. The maximum Gasteiger partial charge on any atom is 0.305 e. The standard InChI is InChI=1S/C23H30N2O6S/c1-5-7-15-18(9-8-14-16(13-23(2,3)4)24-31-20(14)15)30-11-6-10-25-17(12-19(26)27)21(28)32-22(25)29/h8-9,17H,5-7,10-13H2,1-4H3,(H,26,27). The second-order valence-corrected chi connectivity index (χ2v) is 10.2. The topological polar surface area (TPSA) is 110 Å². The highest BCUT2D eigenvalue weighted by atomic mass is 32.2. The summed E-state index contributed by atoms with van der Waals surface area (Å²) in [5, 5.41) is 13.5. The van der Waals surface area contributed by atoms with Gasteiger partial charge in [-0.25, -0.2) is 0 Å². The molecule has 32 heavy (non-hydrogen) atoms. The van der Waals surface area contributed by atoms with Crippen LogP contribution >= 0.6 is 11.8 Å². The minimum Gasteiger partial charge on any atom is -0.493 e. The molecule has 9 heteroatoms. The molecule has 1 aromatic heterocycles. The number of nitrogens with zero attached hydrogens (tertiary/aromatic N) is 2. The number of aryl methyl sites for hydroxylation is 1. The van der Waals surface area contributed by atoms with Gasteiger partial charge in [0.1, 0.15) is 11.8 Å². The van der Waals surface area contributed by atoms with E-state index >= 15 is 0 Å². The molecule has 1 aliphatic heterocycles. The summed E-state index contributed by atoms with van der Waals surface area (Å²) in [5.41, 5.74) is 2.76. The zero-order valence-electron chi connectivity index (χ0n) is 19.0. The van der Waals surface area contributed by atoms with Crippen LogP contribution in [0.25, 0.3) is 11.0 Å². The zero-order valence-corrected chi connectivity index (χ0v) is 19.8. The Labute approximate surface area is 191 Å². The van der Waals surface area contributed by atoms with E-state index in [0.717, 1.165) is 47.2 Å². The summed E-state index contributed by atoms with van der Waals surface area (Å²) in [4.78, 5) is 36.3. The first-order valence-electron chi connectivity index (χ1n) is 10.9. The zero-order chi connectivity index (χ0) is 23.5. The van der Waals surface area contributed by atoms with Gasteiger partial charge in [0.25, 0.3) is 5.24 Å². The van der Waals surface area contributed by atoms with Crippen molar-refractivity contribution in [1.29, 1.82) is 0 Å². The van der Waals surface area contributed by atoms with Crippen LogP contribution in [0.2, 0.25) is 0 Å². The van der Waals surface area contributed by atoms with Gasteiger partial charge in [0, 0.05) is 29.3 Å². The molecule has 0 spiro atoms. The number of hydrogen-bond donors (Lipinski definition) is 1. The molecule has 174 valence electrons. The number of amides is 1. The van der Waals surface area contributed by atoms with Crippen LogP contribution in [0.3, 0.4) is 0 Å². The molecule has 0 saturated carbocycles. The molecule has 0 aliphatic carbocycles. The summed E-state index contributed by atoms with van der Waals surface area (Å²) in [6.07, 6.45) is 2.61. The van der Waals surface area contributed by atoms with E-state index in [4.69, 9.17) is 14.4 Å². The SMILES string of the molecule is CCCc1c(OCCCN2C(=O)SC(=O)C2CC(=O)O)ccc2c(CC(C)(C)C)noc12. The molecule has 8 nitrogen and oxygen atoms in total. The molecule has 2 heterocycles. The van der Waals surface area contributed by atoms with Crippen LogP contribution in [0.5, 0.6) is 5.75 Å². The Kier molecular flexibility index (Phi) is 7.48. The van der Waals surface area contributed by atoms with E-state index < -0.39 is 22.4 Å². The summed E-state index contributed by atoms with van der Waals surface area (Å²) >= 11 is 0.574. The number of carboxylic acid groups (broad SMARTS) is 1. The van der Waals surface area contributed by atoms with Crippen molar-refractivity contribution >= 4 is 39.1 Å². The largest absolute Gasteiger partial charge is 0.493 e. The Hall–Kier alpha value is -2.55. The Morgan fingerprint density at radius 1 is 1.31 bits per heavy atom. The maximum atomic E-state index is 12.0. The molecule has 1 saturated heterocycles. The fraction of sp³-hybridized carbons (Fsp3) is 0.565. The molecule has 1 N–H and O–H groups in total. The third-order valence-electron chi connectivity index (χ3n) is 5.21. The van der Waals surface area contributed by atoms with Gasteiger partial charge < -0.3 is 19.3 Å². The van der Waals surface area contributed by atoms with Gasteiger partial charge in [-0.1, -0.05) is 39.3 Å². The number of carbonyl (C=O) groups is 3. The van der Waals surface area contributed by atoms with Crippen molar-refractivity contribution in [3.8, 4) is 5.75 Å². The lowest BCUT2D eigenvalue weighted by atomic mass is 9.89. The van der Waals surface area contributed by atoms with Crippen molar-refractivity contribution in [2.24, 2.45) is 5.41 Å². The normalized spacial score (nSPS) is 16.9. The summed E-state index contributed by atoms with van der Waals surface area (Å²) in [6.45, 7) is 9.17. The predicted molar refractivity (Wildman–Crippen MR) is 122 cm³/mol. The minimum atomic E-state index is -1.10. The molecule has 1 unspecified atom stereocenters. The van der Waals surface area contributed by atoms with E-state index in [1.54, 1.807) is 0 Å². The highest BCUT2D eigenvalue weighted by Crippen LogP contribution is 2.34. The van der Waals surface area contributed by atoms with Crippen molar-refractivity contribution < 1.29 is 28.8 Å². The highest BCUT2D eigenvalue weighted by Gasteiger charge is 2.40. The number of aliphatic carboxylic acids is 1. The molecule has 1 atom stereocenters. The number of ether oxygens (including phenoxy) is 1. The molecular weight excluding hydrogens is 432 g/mol. The number of benzene rings is 1. The van der Waals surface area contributed by atoms with Crippen LogP contribution in [0.1, 0.15) is 58.2 Å². The molecule has 0 bridgehead atoms. The predicted octanol–water partition coefficient (Wildman–Crippen LogP) is 4.68. The minimum absolute atomic E-state index is 0.0923. The molecule has 1 aromatic carbocycles. The van der Waals surface area contributed by atoms with Gasteiger partial charge in [-0.2, -0.15) is 0 Å². The fourth-order valence-electron chi connectivity index (χ4n) is 3.83. The van der Waals surface area contributed by atoms with Crippen molar-refractivity contribution in [1.82, 2.24) is 10.1 Å². The van der Waals surface area contributed by atoms with Gasteiger partial charge in [0.15, 0.2) is 5.58 Å². The maximum absolute atomic E-state index is 12.0. The summed E-state index contributed by atoms with van der Waals surface area (Å²) < 4.78 is 11.7. The quantitative estimate of drug-likeness (QED) is 0.507. The number of rotatable bonds is 10. The third-order valence-corrected chi connectivity index (χ3v) is 6.10. The van der Waals surface area contributed by atoms with Crippen LogP contribution in [0.15, 0.2) is 16.7 Å². The van der Waals surface area contributed by atoms with E-state index in [0.29, 0.717) is 24.8 Å². The lowest BCUT2D eigenvalue weighted by Crippen LogP contribution is -2.37. The first kappa shape index (κ1) is 24.1. The van der Waals surface area contributed by atoms with Crippen LogP contribution in [-0.2, 0) is 22.4 Å². The van der Waals surface area contributed by atoms with Gasteiger partial charge in [-0.15, -0.1) is 0 Å². The van der Waals surface area contributed by atoms with Gasteiger partial charge in [0.2, 0.25) is 5.12 Å². The van der Waals surface area contributed by atoms with E-state index in [1.165, 1.54) is 4.90 Å². The van der Waals surface area contributed by atoms with E-state index in [1.807, 2.05) is 12.1 Å². The summed E-state index contributed by atoms with van der Waals surface area (Å²) in [6, 6.07) is 3.00. The molecule has 3 rings (SSSR count). The monoisotopic (exact) mass is 462 g/mol. The average Bonchev–Trinajstić information content (AvgIpc) is 3.20.